The minimum Gasteiger partial charge on any atom is -1.00 e. The van der Waals surface area contributed by atoms with Gasteiger partial charge < -0.3 is 17.2 Å². The van der Waals surface area contributed by atoms with Gasteiger partial charge in [-0.2, -0.15) is 4.57 Å². The Morgan fingerprint density at radius 3 is 2.47 bits per heavy atom. The fourth-order valence-electron chi connectivity index (χ4n) is 2.06. The average molecular weight is 296 g/mol. The Labute approximate surface area is 124 Å². The summed E-state index contributed by atoms with van der Waals surface area (Å²) in [4.78, 5) is 12.0. The third-order valence-electron chi connectivity index (χ3n) is 3.34. The predicted octanol–water partition coefficient (Wildman–Crippen LogP) is -0.359. The molecular formula is C15H18ClNOS. The smallest absolute Gasteiger partial charge is 0.225 e. The van der Waals surface area contributed by atoms with Crippen molar-refractivity contribution in [3.63, 3.8) is 0 Å². The van der Waals surface area contributed by atoms with Gasteiger partial charge in [-0.1, -0.05) is 35.6 Å². The number of nitrogens with zero attached hydrogens (tertiary/aromatic N) is 1. The van der Waals surface area contributed by atoms with Gasteiger partial charge in [0.25, 0.3) is 0 Å². The first kappa shape index (κ1) is 15.9. The molecule has 1 heterocycles. The second-order valence-corrected chi connectivity index (χ2v) is 5.51. The monoisotopic (exact) mass is 295 g/mol. The lowest BCUT2D eigenvalue weighted by molar-refractivity contribution is -0.697. The van der Waals surface area contributed by atoms with E-state index in [0.717, 1.165) is 24.8 Å². The average Bonchev–Trinajstić information content (AvgIpc) is 2.70. The summed E-state index contributed by atoms with van der Waals surface area (Å²) < 4.78 is 2.29. The Hall–Kier alpha value is -1.19. The molecule has 0 aliphatic rings. The normalized spacial score (nSPS) is 10.0. The van der Waals surface area contributed by atoms with Crippen LogP contribution in [0.3, 0.4) is 0 Å². The minimum atomic E-state index is 0. The number of aldehydes is 1. The van der Waals surface area contributed by atoms with E-state index in [2.05, 4.69) is 30.0 Å². The van der Waals surface area contributed by atoms with E-state index >= 15 is 0 Å². The molecule has 0 bridgehead atoms. The van der Waals surface area contributed by atoms with Crippen molar-refractivity contribution in [2.24, 2.45) is 0 Å². The van der Waals surface area contributed by atoms with Crippen molar-refractivity contribution in [3.05, 3.63) is 51.5 Å². The Morgan fingerprint density at radius 1 is 1.21 bits per heavy atom. The number of aromatic nitrogens is 1. The predicted molar refractivity (Wildman–Crippen MR) is 73.9 cm³/mol. The largest absolute Gasteiger partial charge is 1.00 e. The lowest BCUT2D eigenvalue weighted by Gasteiger charge is -2.04. The number of carbonyl (C=O) groups is 1. The van der Waals surface area contributed by atoms with E-state index < -0.39 is 0 Å². The maximum Gasteiger partial charge on any atom is 0.225 e. The van der Waals surface area contributed by atoms with Crippen LogP contribution in [0.2, 0.25) is 0 Å². The first-order chi connectivity index (χ1) is 8.72. The zero-order chi connectivity index (χ0) is 13.0. The molecule has 2 nitrogen and oxygen atoms in total. The van der Waals surface area contributed by atoms with Crippen LogP contribution in [-0.4, -0.2) is 6.29 Å². The number of carbonyl (C=O) groups excluding carboxylic acids is 1. The maximum atomic E-state index is 10.7. The van der Waals surface area contributed by atoms with Gasteiger partial charge in [0.1, 0.15) is 6.29 Å². The summed E-state index contributed by atoms with van der Waals surface area (Å²) in [5.41, 5.74) is 5.94. The van der Waals surface area contributed by atoms with E-state index in [9.17, 15) is 4.79 Å². The number of halogens is 1. The molecule has 1 aromatic heterocycles. The van der Waals surface area contributed by atoms with Gasteiger partial charge >= 0.3 is 0 Å². The van der Waals surface area contributed by atoms with Crippen LogP contribution < -0.4 is 17.0 Å². The van der Waals surface area contributed by atoms with Gasteiger partial charge in [0.05, 0.1) is 4.88 Å². The van der Waals surface area contributed by atoms with Crippen molar-refractivity contribution in [2.75, 3.05) is 0 Å². The van der Waals surface area contributed by atoms with Crippen molar-refractivity contribution in [1.82, 2.24) is 0 Å². The van der Waals surface area contributed by atoms with Gasteiger partial charge in [-0.3, -0.25) is 0 Å². The number of thiazole rings is 1. The molecule has 0 spiro atoms. The fourth-order valence-corrected chi connectivity index (χ4v) is 2.90. The van der Waals surface area contributed by atoms with Crippen LogP contribution >= 0.6 is 11.3 Å². The summed E-state index contributed by atoms with van der Waals surface area (Å²) in [6, 6.07) is 8.20. The van der Waals surface area contributed by atoms with E-state index in [1.54, 1.807) is 11.3 Å². The summed E-state index contributed by atoms with van der Waals surface area (Å²) in [6.07, 6.45) is 2.47. The number of hydrogen-bond acceptors (Lipinski definition) is 2. The van der Waals surface area contributed by atoms with Gasteiger partial charge in [-0.15, -0.1) is 0 Å². The molecule has 0 saturated carbocycles. The first-order valence-corrected chi connectivity index (χ1v) is 7.05. The zero-order valence-electron chi connectivity index (χ0n) is 11.2. The molecule has 0 fully saturated rings. The van der Waals surface area contributed by atoms with Gasteiger partial charge in [0.2, 0.25) is 5.51 Å². The Kier molecular flexibility index (Phi) is 6.19. The molecule has 1 aromatic carbocycles. The van der Waals surface area contributed by atoms with Crippen LogP contribution in [0.1, 0.15) is 21.7 Å². The van der Waals surface area contributed by atoms with E-state index in [0.29, 0.717) is 6.42 Å². The van der Waals surface area contributed by atoms with Crippen molar-refractivity contribution in [1.29, 1.82) is 0 Å². The van der Waals surface area contributed by atoms with Crippen molar-refractivity contribution >= 4 is 17.6 Å². The van der Waals surface area contributed by atoms with Crippen molar-refractivity contribution < 1.29 is 21.8 Å². The van der Waals surface area contributed by atoms with Crippen LogP contribution in [0.15, 0.2) is 29.8 Å². The molecule has 0 aliphatic heterocycles. The summed E-state index contributed by atoms with van der Waals surface area (Å²) >= 11 is 1.79. The zero-order valence-corrected chi connectivity index (χ0v) is 12.8. The maximum absolute atomic E-state index is 10.7. The van der Waals surface area contributed by atoms with E-state index in [4.69, 9.17) is 0 Å². The second kappa shape index (κ2) is 7.41. The number of aryl methyl sites for hydroxylation is 3. The molecule has 0 unspecified atom stereocenters. The summed E-state index contributed by atoms with van der Waals surface area (Å²) in [7, 11) is 0. The Balaban J connectivity index is 0.00000180. The minimum absolute atomic E-state index is 0. The molecule has 0 saturated heterocycles. The highest BCUT2D eigenvalue weighted by atomic mass is 35.5. The van der Waals surface area contributed by atoms with Crippen molar-refractivity contribution in [2.45, 2.75) is 33.2 Å². The van der Waals surface area contributed by atoms with Gasteiger partial charge in [0.15, 0.2) is 12.2 Å². The van der Waals surface area contributed by atoms with Crippen LogP contribution in [0.5, 0.6) is 0 Å². The third kappa shape index (κ3) is 3.88. The molecule has 19 heavy (non-hydrogen) atoms. The topological polar surface area (TPSA) is 20.9 Å². The molecule has 2 rings (SSSR count). The molecule has 0 N–H and O–H groups in total. The molecule has 0 amide bonds. The number of rotatable bonds is 5. The third-order valence-corrected chi connectivity index (χ3v) is 4.35. The molecular weight excluding hydrogens is 278 g/mol. The standard InChI is InChI=1S/C15H18NOS.ClH/c1-12-13(2)18-11-16(12)9-7-14-5-3-4-6-15(14)8-10-17;/h3-6,10-11H,7-9H2,1-2H3;1H/q+1;/p-1. The SMILES string of the molecule is Cc1sc[n+](CCc2ccccc2CC=O)c1C.[Cl-]. The van der Waals surface area contributed by atoms with E-state index in [1.807, 2.05) is 18.2 Å². The van der Waals surface area contributed by atoms with E-state index in [-0.39, 0.29) is 12.4 Å². The molecule has 4 heteroatoms. The molecule has 102 valence electrons. The quantitative estimate of drug-likeness (QED) is 0.545. The number of hydrogen-bond donors (Lipinski definition) is 0. The highest BCUT2D eigenvalue weighted by Crippen LogP contribution is 2.11. The van der Waals surface area contributed by atoms with Gasteiger partial charge in [-0.05, 0) is 18.1 Å². The number of benzene rings is 1. The summed E-state index contributed by atoms with van der Waals surface area (Å²) in [5.74, 6) is 0. The summed E-state index contributed by atoms with van der Waals surface area (Å²) in [5, 5.41) is 0. The first-order valence-electron chi connectivity index (χ1n) is 6.17. The summed E-state index contributed by atoms with van der Waals surface area (Å²) in [6.45, 7) is 5.28. The molecule has 0 atom stereocenters. The van der Waals surface area contributed by atoms with Gasteiger partial charge in [-0.25, -0.2) is 0 Å². The highest BCUT2D eigenvalue weighted by molar-refractivity contribution is 7.09. The van der Waals surface area contributed by atoms with E-state index in [1.165, 1.54) is 16.1 Å². The highest BCUT2D eigenvalue weighted by Gasteiger charge is 2.12. The van der Waals surface area contributed by atoms with Gasteiger partial charge in [0, 0.05) is 19.8 Å². The molecule has 0 radical (unpaired) electrons. The van der Waals surface area contributed by atoms with Crippen LogP contribution in [0.4, 0.5) is 0 Å². The van der Waals surface area contributed by atoms with Crippen LogP contribution in [0, 0.1) is 13.8 Å². The Morgan fingerprint density at radius 2 is 1.89 bits per heavy atom. The van der Waals surface area contributed by atoms with Crippen molar-refractivity contribution in [3.8, 4) is 0 Å². The lowest BCUT2D eigenvalue weighted by atomic mass is 10.0. The van der Waals surface area contributed by atoms with Crippen LogP contribution in [-0.2, 0) is 24.2 Å². The van der Waals surface area contributed by atoms with Crippen LogP contribution in [0.25, 0.3) is 0 Å². The molecule has 2 aromatic rings. The molecule has 0 aliphatic carbocycles. The second-order valence-electron chi connectivity index (χ2n) is 4.45. The Bertz CT molecular complexity index is 551. The lowest BCUT2D eigenvalue weighted by Crippen LogP contribution is -3.00. The fraction of sp³-hybridized carbons (Fsp3) is 0.333.